The number of hydrogen-bond donors (Lipinski definition) is 3. The molecule has 5 nitrogen and oxygen atoms in total. The maximum Gasteiger partial charge on any atom is 0.187 e. The van der Waals surface area contributed by atoms with E-state index in [0.29, 0.717) is 11.7 Å². The minimum Gasteiger partial charge on any atom is -0.508 e. The van der Waals surface area contributed by atoms with Gasteiger partial charge in [-0.15, -0.1) is 0 Å². The summed E-state index contributed by atoms with van der Waals surface area (Å²) in [6.07, 6.45) is 2.44. The van der Waals surface area contributed by atoms with E-state index in [0.717, 1.165) is 30.7 Å². The maximum atomic E-state index is 9.23. The number of hydrazone groups is 1. The highest BCUT2D eigenvalue weighted by Crippen LogP contribution is 2.11. The van der Waals surface area contributed by atoms with E-state index in [4.69, 9.17) is 17.0 Å². The van der Waals surface area contributed by atoms with Gasteiger partial charge in [0, 0.05) is 13.2 Å². The SMILES string of the molecule is C/C(=N\NC(=S)NCC1CCCO1)c1ccc(O)cc1. The maximum absolute atomic E-state index is 9.23. The Morgan fingerprint density at radius 3 is 2.85 bits per heavy atom. The molecule has 1 aliphatic heterocycles. The second-order valence-electron chi connectivity index (χ2n) is 4.70. The standard InChI is InChI=1S/C14H19N3O2S/c1-10(11-4-6-12(18)7-5-11)16-17-14(20)15-9-13-3-2-8-19-13/h4-7,13,18H,2-3,8-9H2,1H3,(H2,15,17,20)/b16-10+. The quantitative estimate of drug-likeness (QED) is 0.448. The Balaban J connectivity index is 1.78. The molecule has 1 aliphatic rings. The normalized spacial score (nSPS) is 18.9. The van der Waals surface area contributed by atoms with E-state index in [-0.39, 0.29) is 11.9 Å². The summed E-state index contributed by atoms with van der Waals surface area (Å²) >= 11 is 5.15. The molecular formula is C14H19N3O2S. The van der Waals surface area contributed by atoms with Gasteiger partial charge in [0.1, 0.15) is 5.75 Å². The largest absolute Gasteiger partial charge is 0.508 e. The van der Waals surface area contributed by atoms with Gasteiger partial charge in [0.25, 0.3) is 0 Å². The first-order valence-corrected chi connectivity index (χ1v) is 7.05. The van der Waals surface area contributed by atoms with Crippen molar-refractivity contribution in [2.45, 2.75) is 25.9 Å². The average Bonchev–Trinajstić information content (AvgIpc) is 2.96. The molecule has 2 rings (SSSR count). The molecule has 1 unspecified atom stereocenters. The Labute approximate surface area is 124 Å². The number of phenols is 1. The first-order chi connectivity index (χ1) is 9.65. The van der Waals surface area contributed by atoms with Crippen LogP contribution in [0.4, 0.5) is 0 Å². The van der Waals surface area contributed by atoms with E-state index in [1.807, 2.05) is 6.92 Å². The van der Waals surface area contributed by atoms with Crippen molar-refractivity contribution in [1.29, 1.82) is 0 Å². The summed E-state index contributed by atoms with van der Waals surface area (Å²) in [5, 5.41) is 17.0. The van der Waals surface area contributed by atoms with Gasteiger partial charge in [-0.2, -0.15) is 5.10 Å². The fraction of sp³-hybridized carbons (Fsp3) is 0.429. The third kappa shape index (κ3) is 4.47. The van der Waals surface area contributed by atoms with E-state index < -0.39 is 0 Å². The molecule has 0 saturated carbocycles. The number of nitrogens with one attached hydrogen (secondary N) is 2. The predicted molar refractivity (Wildman–Crippen MR) is 83.0 cm³/mol. The first-order valence-electron chi connectivity index (χ1n) is 6.64. The number of thiocarbonyl (C=S) groups is 1. The van der Waals surface area contributed by atoms with Gasteiger partial charge >= 0.3 is 0 Å². The first kappa shape index (κ1) is 14.7. The van der Waals surface area contributed by atoms with Gasteiger partial charge in [0.2, 0.25) is 0 Å². The molecule has 0 aromatic heterocycles. The molecule has 1 fully saturated rings. The fourth-order valence-corrected chi connectivity index (χ4v) is 2.08. The number of benzene rings is 1. The van der Waals surface area contributed by atoms with Crippen LogP contribution in [0, 0.1) is 0 Å². The van der Waals surface area contributed by atoms with Crippen LogP contribution in [0.2, 0.25) is 0 Å². The van der Waals surface area contributed by atoms with Crippen molar-refractivity contribution < 1.29 is 9.84 Å². The van der Waals surface area contributed by atoms with E-state index in [9.17, 15) is 5.11 Å². The lowest BCUT2D eigenvalue weighted by Gasteiger charge is -2.12. The van der Waals surface area contributed by atoms with Crippen LogP contribution in [-0.4, -0.2) is 35.2 Å². The third-order valence-corrected chi connectivity index (χ3v) is 3.36. The highest BCUT2D eigenvalue weighted by molar-refractivity contribution is 7.80. The molecule has 0 spiro atoms. The zero-order valence-corrected chi connectivity index (χ0v) is 12.2. The molecular weight excluding hydrogens is 274 g/mol. The van der Waals surface area contributed by atoms with Gasteiger partial charge in [-0.25, -0.2) is 0 Å². The Morgan fingerprint density at radius 2 is 2.20 bits per heavy atom. The van der Waals surface area contributed by atoms with Crippen LogP contribution in [0.15, 0.2) is 29.4 Å². The molecule has 108 valence electrons. The van der Waals surface area contributed by atoms with Gasteiger partial charge in [-0.05, 0) is 61.8 Å². The molecule has 20 heavy (non-hydrogen) atoms. The highest BCUT2D eigenvalue weighted by atomic mass is 32.1. The Hall–Kier alpha value is -1.66. The molecule has 6 heteroatoms. The van der Waals surface area contributed by atoms with Crippen LogP contribution in [0.1, 0.15) is 25.3 Å². The van der Waals surface area contributed by atoms with Crippen LogP contribution in [0.25, 0.3) is 0 Å². The minimum atomic E-state index is 0.239. The molecule has 1 aromatic carbocycles. The molecule has 1 atom stereocenters. The van der Waals surface area contributed by atoms with Crippen molar-refractivity contribution in [2.24, 2.45) is 5.10 Å². The Morgan fingerprint density at radius 1 is 1.45 bits per heavy atom. The number of rotatable bonds is 4. The fourth-order valence-electron chi connectivity index (χ4n) is 1.95. The zero-order chi connectivity index (χ0) is 14.4. The number of aromatic hydroxyl groups is 1. The predicted octanol–water partition coefficient (Wildman–Crippen LogP) is 1.76. The molecule has 0 aliphatic carbocycles. The van der Waals surface area contributed by atoms with Crippen LogP contribution in [0.5, 0.6) is 5.75 Å². The molecule has 1 saturated heterocycles. The van der Waals surface area contributed by atoms with Crippen molar-refractivity contribution in [3.63, 3.8) is 0 Å². The van der Waals surface area contributed by atoms with Gasteiger partial charge in [-0.1, -0.05) is 0 Å². The van der Waals surface area contributed by atoms with Crippen LogP contribution in [0.3, 0.4) is 0 Å². The lowest BCUT2D eigenvalue weighted by molar-refractivity contribution is 0.114. The van der Waals surface area contributed by atoms with Crippen LogP contribution in [-0.2, 0) is 4.74 Å². The molecule has 0 amide bonds. The summed E-state index contributed by atoms with van der Waals surface area (Å²) in [7, 11) is 0. The van der Waals surface area contributed by atoms with Crippen molar-refractivity contribution in [3.8, 4) is 5.75 Å². The van der Waals surface area contributed by atoms with E-state index in [1.54, 1.807) is 24.3 Å². The molecule has 1 aromatic rings. The van der Waals surface area contributed by atoms with Crippen LogP contribution < -0.4 is 10.7 Å². The van der Waals surface area contributed by atoms with Crippen molar-refractivity contribution >= 4 is 23.0 Å². The van der Waals surface area contributed by atoms with E-state index in [2.05, 4.69) is 15.8 Å². The number of hydrogen-bond acceptors (Lipinski definition) is 4. The summed E-state index contributed by atoms with van der Waals surface area (Å²) < 4.78 is 5.50. The van der Waals surface area contributed by atoms with E-state index >= 15 is 0 Å². The second-order valence-corrected chi connectivity index (χ2v) is 5.11. The Bertz CT molecular complexity index is 482. The highest BCUT2D eigenvalue weighted by Gasteiger charge is 2.15. The topological polar surface area (TPSA) is 65.9 Å². The van der Waals surface area contributed by atoms with Crippen molar-refractivity contribution in [1.82, 2.24) is 10.7 Å². The average molecular weight is 293 g/mol. The summed E-state index contributed by atoms with van der Waals surface area (Å²) in [5.74, 6) is 0.239. The zero-order valence-electron chi connectivity index (χ0n) is 11.4. The van der Waals surface area contributed by atoms with Crippen molar-refractivity contribution in [3.05, 3.63) is 29.8 Å². The van der Waals surface area contributed by atoms with Gasteiger partial charge in [0.05, 0.1) is 11.8 Å². The smallest absolute Gasteiger partial charge is 0.187 e. The second kappa shape index (κ2) is 7.21. The summed E-state index contributed by atoms with van der Waals surface area (Å²) in [5.41, 5.74) is 4.54. The monoisotopic (exact) mass is 293 g/mol. The number of phenolic OH excluding ortho intramolecular Hbond substituents is 1. The molecule has 1 heterocycles. The molecule has 3 N–H and O–H groups in total. The number of nitrogens with zero attached hydrogens (tertiary/aromatic N) is 1. The van der Waals surface area contributed by atoms with Crippen molar-refractivity contribution in [2.75, 3.05) is 13.2 Å². The van der Waals surface area contributed by atoms with Crippen LogP contribution >= 0.6 is 12.2 Å². The van der Waals surface area contributed by atoms with E-state index in [1.165, 1.54) is 0 Å². The lowest BCUT2D eigenvalue weighted by atomic mass is 10.1. The van der Waals surface area contributed by atoms with Gasteiger partial charge in [0.15, 0.2) is 5.11 Å². The summed E-state index contributed by atoms with van der Waals surface area (Å²) in [6, 6.07) is 6.86. The minimum absolute atomic E-state index is 0.239. The summed E-state index contributed by atoms with van der Waals surface area (Å²) in [4.78, 5) is 0. The van der Waals surface area contributed by atoms with Gasteiger partial charge in [-0.3, -0.25) is 5.43 Å². The molecule has 0 bridgehead atoms. The third-order valence-electron chi connectivity index (χ3n) is 3.12. The van der Waals surface area contributed by atoms with Gasteiger partial charge < -0.3 is 15.2 Å². The Kier molecular flexibility index (Phi) is 5.31. The summed E-state index contributed by atoms with van der Waals surface area (Å²) in [6.45, 7) is 3.42. The molecule has 0 radical (unpaired) electrons. The number of ether oxygens (including phenoxy) is 1. The lowest BCUT2D eigenvalue weighted by Crippen LogP contribution is -2.37.